The topological polar surface area (TPSA) is 32.3 Å². The van der Waals surface area contributed by atoms with E-state index in [0.29, 0.717) is 13.0 Å². The molecule has 0 aliphatic carbocycles. The molecule has 1 rings (SSSR count). The van der Waals surface area contributed by atoms with Crippen molar-refractivity contribution in [2.24, 2.45) is 0 Å². The number of nitrogens with zero attached hydrogens (tertiary/aromatic N) is 1. The summed E-state index contributed by atoms with van der Waals surface area (Å²) in [6, 6.07) is 6.44. The third-order valence-corrected chi connectivity index (χ3v) is 3.02. The zero-order valence-electron chi connectivity index (χ0n) is 11.2. The summed E-state index contributed by atoms with van der Waals surface area (Å²) in [7, 11) is 3.64. The van der Waals surface area contributed by atoms with Gasteiger partial charge in [0.15, 0.2) is 0 Å². The maximum Gasteiger partial charge on any atom is 0.222 e. The lowest BCUT2D eigenvalue weighted by atomic mass is 9.97. The molecule has 0 aliphatic heterocycles. The molecular formula is C14H21FN2O. The second-order valence-corrected chi connectivity index (χ2v) is 4.58. The quantitative estimate of drug-likeness (QED) is 0.840. The smallest absolute Gasteiger partial charge is 0.222 e. The first-order valence-electron chi connectivity index (χ1n) is 6.18. The van der Waals surface area contributed by atoms with Crippen LogP contribution >= 0.6 is 0 Å². The fourth-order valence-electron chi connectivity index (χ4n) is 1.75. The second kappa shape index (κ2) is 7.11. The van der Waals surface area contributed by atoms with Crippen molar-refractivity contribution in [3.63, 3.8) is 0 Å². The first-order valence-corrected chi connectivity index (χ1v) is 6.18. The number of nitrogens with one attached hydrogen (secondary N) is 1. The summed E-state index contributed by atoms with van der Waals surface area (Å²) in [5.41, 5.74) is 0.866. The summed E-state index contributed by atoms with van der Waals surface area (Å²) in [4.78, 5) is 13.6. The van der Waals surface area contributed by atoms with Gasteiger partial charge in [-0.05, 0) is 30.7 Å². The van der Waals surface area contributed by atoms with Gasteiger partial charge in [0.25, 0.3) is 0 Å². The standard InChI is InChI=1S/C14H21FN2O/c1-11(12-5-4-6-13(15)10-12)9-14(18)17(3)8-7-16-2/h4-6,10-11,16H,7-9H2,1-3H3. The van der Waals surface area contributed by atoms with Crippen molar-refractivity contribution in [2.45, 2.75) is 19.3 Å². The van der Waals surface area contributed by atoms with Crippen LogP contribution in [0.15, 0.2) is 24.3 Å². The Morgan fingerprint density at radius 2 is 2.22 bits per heavy atom. The number of likely N-dealkylation sites (N-methyl/N-ethyl adjacent to an activating group) is 2. The number of hydrogen-bond donors (Lipinski definition) is 1. The molecule has 0 radical (unpaired) electrons. The molecule has 0 bridgehead atoms. The molecule has 0 fully saturated rings. The first kappa shape index (κ1) is 14.6. The molecule has 18 heavy (non-hydrogen) atoms. The molecule has 1 aromatic rings. The Morgan fingerprint density at radius 1 is 1.50 bits per heavy atom. The number of carbonyl (C=O) groups excluding carboxylic acids is 1. The van der Waals surface area contributed by atoms with Gasteiger partial charge in [0.1, 0.15) is 5.82 Å². The molecule has 0 heterocycles. The Bertz CT molecular complexity index is 395. The first-order chi connectivity index (χ1) is 8.54. The molecule has 1 aromatic carbocycles. The highest BCUT2D eigenvalue weighted by Gasteiger charge is 2.14. The Labute approximate surface area is 108 Å². The normalized spacial score (nSPS) is 12.2. The summed E-state index contributed by atoms with van der Waals surface area (Å²) >= 11 is 0. The Kier molecular flexibility index (Phi) is 5.78. The van der Waals surface area contributed by atoms with Crippen LogP contribution in [0.1, 0.15) is 24.8 Å². The van der Waals surface area contributed by atoms with Crippen molar-refractivity contribution < 1.29 is 9.18 Å². The lowest BCUT2D eigenvalue weighted by Gasteiger charge is -2.19. The van der Waals surface area contributed by atoms with E-state index < -0.39 is 0 Å². The third-order valence-electron chi connectivity index (χ3n) is 3.02. The molecule has 1 unspecified atom stereocenters. The number of rotatable bonds is 6. The Morgan fingerprint density at radius 3 is 2.83 bits per heavy atom. The minimum Gasteiger partial charge on any atom is -0.344 e. The van der Waals surface area contributed by atoms with Gasteiger partial charge in [-0.15, -0.1) is 0 Å². The SMILES string of the molecule is CNCCN(C)C(=O)CC(C)c1cccc(F)c1. The predicted molar refractivity (Wildman–Crippen MR) is 71.0 cm³/mol. The zero-order valence-corrected chi connectivity index (χ0v) is 11.2. The molecular weight excluding hydrogens is 231 g/mol. The molecule has 0 saturated carbocycles. The number of amides is 1. The zero-order chi connectivity index (χ0) is 13.5. The number of hydrogen-bond acceptors (Lipinski definition) is 2. The average Bonchev–Trinajstić information content (AvgIpc) is 2.35. The Balaban J connectivity index is 2.54. The molecule has 3 nitrogen and oxygen atoms in total. The van der Waals surface area contributed by atoms with E-state index in [1.165, 1.54) is 12.1 Å². The van der Waals surface area contributed by atoms with Crippen LogP contribution in [0.2, 0.25) is 0 Å². The summed E-state index contributed by atoms with van der Waals surface area (Å²) in [5.74, 6) is -0.136. The third kappa shape index (κ3) is 4.45. The van der Waals surface area contributed by atoms with E-state index >= 15 is 0 Å². The monoisotopic (exact) mass is 252 g/mol. The highest BCUT2D eigenvalue weighted by atomic mass is 19.1. The Hall–Kier alpha value is -1.42. The average molecular weight is 252 g/mol. The maximum atomic E-state index is 13.1. The van der Waals surface area contributed by atoms with E-state index in [9.17, 15) is 9.18 Å². The van der Waals surface area contributed by atoms with E-state index in [0.717, 1.165) is 12.1 Å². The van der Waals surface area contributed by atoms with E-state index in [1.807, 2.05) is 20.0 Å². The summed E-state index contributed by atoms with van der Waals surface area (Å²) < 4.78 is 13.1. The molecule has 1 N–H and O–H groups in total. The van der Waals surface area contributed by atoms with Gasteiger partial charge >= 0.3 is 0 Å². The van der Waals surface area contributed by atoms with Crippen LogP contribution in [0.25, 0.3) is 0 Å². The van der Waals surface area contributed by atoms with Crippen molar-refractivity contribution in [3.8, 4) is 0 Å². The van der Waals surface area contributed by atoms with Gasteiger partial charge in [-0.2, -0.15) is 0 Å². The highest BCUT2D eigenvalue weighted by Crippen LogP contribution is 2.20. The fraction of sp³-hybridized carbons (Fsp3) is 0.500. The van der Waals surface area contributed by atoms with Crippen molar-refractivity contribution in [1.29, 1.82) is 0 Å². The number of carbonyl (C=O) groups is 1. The minimum absolute atomic E-state index is 0.0326. The van der Waals surface area contributed by atoms with Gasteiger partial charge in [-0.25, -0.2) is 4.39 Å². The lowest BCUT2D eigenvalue weighted by Crippen LogP contribution is -2.33. The second-order valence-electron chi connectivity index (χ2n) is 4.58. The van der Waals surface area contributed by atoms with Crippen molar-refractivity contribution in [2.75, 3.05) is 27.2 Å². The fourth-order valence-corrected chi connectivity index (χ4v) is 1.75. The van der Waals surface area contributed by atoms with E-state index in [2.05, 4.69) is 5.32 Å². The number of halogens is 1. The van der Waals surface area contributed by atoms with E-state index in [4.69, 9.17) is 0 Å². The predicted octanol–water partition coefficient (Wildman–Crippen LogP) is 2.00. The largest absolute Gasteiger partial charge is 0.344 e. The summed E-state index contributed by atoms with van der Waals surface area (Å²) in [6.45, 7) is 3.40. The van der Waals surface area contributed by atoms with Crippen molar-refractivity contribution in [1.82, 2.24) is 10.2 Å². The molecule has 4 heteroatoms. The molecule has 1 amide bonds. The minimum atomic E-state index is -0.254. The van der Waals surface area contributed by atoms with Crippen LogP contribution in [-0.4, -0.2) is 38.0 Å². The summed E-state index contributed by atoms with van der Waals surface area (Å²) in [5, 5.41) is 3.00. The summed E-state index contributed by atoms with van der Waals surface area (Å²) in [6.07, 6.45) is 0.406. The van der Waals surface area contributed by atoms with Crippen LogP contribution in [0.4, 0.5) is 4.39 Å². The molecule has 1 atom stereocenters. The van der Waals surface area contributed by atoms with Crippen molar-refractivity contribution >= 4 is 5.91 Å². The number of benzene rings is 1. The molecule has 100 valence electrons. The lowest BCUT2D eigenvalue weighted by molar-refractivity contribution is -0.130. The van der Waals surface area contributed by atoms with Crippen LogP contribution < -0.4 is 5.32 Å². The maximum absolute atomic E-state index is 13.1. The molecule has 0 aromatic heterocycles. The van der Waals surface area contributed by atoms with Crippen molar-refractivity contribution in [3.05, 3.63) is 35.6 Å². The van der Waals surface area contributed by atoms with Gasteiger partial charge in [-0.1, -0.05) is 19.1 Å². The van der Waals surface area contributed by atoms with Gasteiger partial charge in [0.05, 0.1) is 0 Å². The van der Waals surface area contributed by atoms with Crippen LogP contribution in [0.3, 0.4) is 0 Å². The van der Waals surface area contributed by atoms with Crippen LogP contribution in [-0.2, 0) is 4.79 Å². The van der Waals surface area contributed by atoms with Gasteiger partial charge in [0.2, 0.25) is 5.91 Å². The van der Waals surface area contributed by atoms with E-state index in [1.54, 1.807) is 18.0 Å². The molecule has 0 saturated heterocycles. The van der Waals surface area contributed by atoms with Gasteiger partial charge < -0.3 is 10.2 Å². The molecule has 0 spiro atoms. The van der Waals surface area contributed by atoms with Crippen LogP contribution in [0.5, 0.6) is 0 Å². The van der Waals surface area contributed by atoms with Gasteiger partial charge in [0, 0.05) is 26.6 Å². The van der Waals surface area contributed by atoms with Crippen LogP contribution in [0, 0.1) is 5.82 Å². The highest BCUT2D eigenvalue weighted by molar-refractivity contribution is 5.76. The van der Waals surface area contributed by atoms with E-state index in [-0.39, 0.29) is 17.6 Å². The van der Waals surface area contributed by atoms with Gasteiger partial charge in [-0.3, -0.25) is 4.79 Å². The molecule has 0 aliphatic rings.